The summed E-state index contributed by atoms with van der Waals surface area (Å²) in [6.07, 6.45) is 0.976. The molecule has 1 aromatic rings. The molecule has 0 bridgehead atoms. The van der Waals surface area contributed by atoms with Crippen LogP contribution in [0.2, 0.25) is 0 Å². The van der Waals surface area contributed by atoms with Crippen molar-refractivity contribution in [3.63, 3.8) is 0 Å². The quantitative estimate of drug-likeness (QED) is 0.743. The molecule has 2 heterocycles. The van der Waals surface area contributed by atoms with Crippen LogP contribution in [0.15, 0.2) is 16.9 Å². The molecule has 2 aliphatic rings. The topological polar surface area (TPSA) is 117 Å². The van der Waals surface area contributed by atoms with Gasteiger partial charge in [-0.05, 0) is 25.0 Å². The third-order valence-corrected chi connectivity index (χ3v) is 7.41. The first kappa shape index (κ1) is 17.6. The summed E-state index contributed by atoms with van der Waals surface area (Å²) in [4.78, 5) is 37.3. The Labute approximate surface area is 144 Å². The first-order valence-corrected chi connectivity index (χ1v) is 9.23. The van der Waals surface area contributed by atoms with Gasteiger partial charge >= 0.3 is 5.97 Å². The number of hydrogen-bond donors (Lipinski definition) is 1. The van der Waals surface area contributed by atoms with Gasteiger partial charge in [0, 0.05) is 33.7 Å². The molecule has 3 rings (SSSR count). The highest BCUT2D eigenvalue weighted by atomic mass is 32.2. The monoisotopic (exact) mass is 369 g/mol. The summed E-state index contributed by atoms with van der Waals surface area (Å²) in [5.41, 5.74) is -1.03. The minimum Gasteiger partial charge on any atom is -0.477 e. The van der Waals surface area contributed by atoms with Crippen molar-refractivity contribution in [2.75, 3.05) is 27.2 Å². The average Bonchev–Trinajstić information content (AvgIpc) is 3.31. The predicted molar refractivity (Wildman–Crippen MR) is 88.1 cm³/mol. The maximum absolute atomic E-state index is 12.7. The maximum Gasteiger partial charge on any atom is 0.341 e. The third-order valence-electron chi connectivity index (χ3n) is 4.82. The van der Waals surface area contributed by atoms with E-state index in [1.165, 1.54) is 29.4 Å². The van der Waals surface area contributed by atoms with Crippen LogP contribution < -0.4 is 5.56 Å². The fourth-order valence-electron chi connectivity index (χ4n) is 3.16. The second-order valence-electron chi connectivity index (χ2n) is 6.59. The minimum atomic E-state index is -3.50. The Balaban J connectivity index is 1.90. The minimum absolute atomic E-state index is 0.0707. The number of fused-ring (bicyclic) bond motifs is 1. The SMILES string of the molecule is CN(C)S(=O)(=O)C1(CN2CCn3c(ccc(C(=O)O)c3=O)C2=O)CC1. The molecule has 0 atom stereocenters. The number of hydrogen-bond acceptors (Lipinski definition) is 5. The molecule has 0 saturated heterocycles. The lowest BCUT2D eigenvalue weighted by molar-refractivity contribution is 0.0671. The molecular formula is C15H19N3O6S. The summed E-state index contributed by atoms with van der Waals surface area (Å²) in [7, 11) is -0.562. The fourth-order valence-corrected chi connectivity index (χ4v) is 4.87. The number of aromatic nitrogens is 1. The van der Waals surface area contributed by atoms with Crippen molar-refractivity contribution in [3.05, 3.63) is 33.7 Å². The highest BCUT2D eigenvalue weighted by Gasteiger charge is 2.57. The molecular weight excluding hydrogens is 350 g/mol. The van der Waals surface area contributed by atoms with E-state index in [9.17, 15) is 22.8 Å². The van der Waals surface area contributed by atoms with Gasteiger partial charge < -0.3 is 14.6 Å². The smallest absolute Gasteiger partial charge is 0.341 e. The van der Waals surface area contributed by atoms with Crippen LogP contribution in [0.1, 0.15) is 33.7 Å². The number of amides is 1. The Morgan fingerprint density at radius 1 is 1.24 bits per heavy atom. The second-order valence-corrected chi connectivity index (χ2v) is 9.14. The van der Waals surface area contributed by atoms with Crippen LogP contribution in [-0.2, 0) is 16.6 Å². The zero-order valence-corrected chi connectivity index (χ0v) is 14.7. The van der Waals surface area contributed by atoms with Crippen LogP contribution in [0.3, 0.4) is 0 Å². The van der Waals surface area contributed by atoms with E-state index in [4.69, 9.17) is 5.11 Å². The van der Waals surface area contributed by atoms with Crippen molar-refractivity contribution in [3.8, 4) is 0 Å². The first-order chi connectivity index (χ1) is 11.6. The van der Waals surface area contributed by atoms with Crippen LogP contribution in [0, 0.1) is 0 Å². The molecule has 1 saturated carbocycles. The van der Waals surface area contributed by atoms with Gasteiger partial charge in [0.1, 0.15) is 16.0 Å². The van der Waals surface area contributed by atoms with Gasteiger partial charge in [0.25, 0.3) is 11.5 Å². The summed E-state index contributed by atoms with van der Waals surface area (Å²) in [5, 5.41) is 9.01. The molecule has 1 aliphatic carbocycles. The Hall–Kier alpha value is -2.20. The fraction of sp³-hybridized carbons (Fsp3) is 0.533. The van der Waals surface area contributed by atoms with Crippen LogP contribution >= 0.6 is 0 Å². The highest BCUT2D eigenvalue weighted by molar-refractivity contribution is 7.90. The summed E-state index contributed by atoms with van der Waals surface area (Å²) in [5.74, 6) is -1.80. The van der Waals surface area contributed by atoms with E-state index < -0.39 is 32.2 Å². The van der Waals surface area contributed by atoms with Crippen molar-refractivity contribution in [1.82, 2.24) is 13.8 Å². The molecule has 1 amide bonds. The van der Waals surface area contributed by atoms with Gasteiger partial charge in [0.15, 0.2) is 0 Å². The molecule has 0 spiro atoms. The maximum atomic E-state index is 12.7. The number of carbonyl (C=O) groups is 2. The molecule has 10 heteroatoms. The lowest BCUT2D eigenvalue weighted by Crippen LogP contribution is -2.51. The lowest BCUT2D eigenvalue weighted by Gasteiger charge is -2.33. The summed E-state index contributed by atoms with van der Waals surface area (Å²) < 4.78 is 26.3. The van der Waals surface area contributed by atoms with Crippen molar-refractivity contribution in [1.29, 1.82) is 0 Å². The zero-order chi connectivity index (χ0) is 18.6. The van der Waals surface area contributed by atoms with Gasteiger partial charge in [-0.3, -0.25) is 9.59 Å². The van der Waals surface area contributed by atoms with E-state index in [-0.39, 0.29) is 30.9 Å². The Bertz CT molecular complexity index is 914. The molecule has 9 nitrogen and oxygen atoms in total. The van der Waals surface area contributed by atoms with E-state index >= 15 is 0 Å². The molecule has 1 aromatic heterocycles. The molecule has 1 fully saturated rings. The normalized spacial score (nSPS) is 19.0. The van der Waals surface area contributed by atoms with E-state index in [1.807, 2.05) is 0 Å². The van der Waals surface area contributed by atoms with Gasteiger partial charge in [0.05, 0.1) is 0 Å². The molecule has 0 radical (unpaired) electrons. The standard InChI is InChI=1S/C15H19N3O6S/c1-16(2)25(23,24)15(5-6-15)9-17-7-8-18-11(13(17)20)4-3-10(12(18)19)14(21)22/h3-4H,5-9H2,1-2H3,(H,21,22). The number of rotatable bonds is 5. The first-order valence-electron chi connectivity index (χ1n) is 7.79. The number of aromatic carboxylic acids is 1. The van der Waals surface area contributed by atoms with E-state index in [2.05, 4.69) is 0 Å². The summed E-state index contributed by atoms with van der Waals surface area (Å²) in [6.45, 7) is 0.375. The van der Waals surface area contributed by atoms with Crippen LogP contribution in [0.5, 0.6) is 0 Å². The second kappa shape index (κ2) is 5.67. The summed E-state index contributed by atoms with van der Waals surface area (Å²) in [6, 6.07) is 2.42. The number of carboxylic acids is 1. The van der Waals surface area contributed by atoms with Gasteiger partial charge in [-0.25, -0.2) is 17.5 Å². The largest absolute Gasteiger partial charge is 0.477 e. The number of sulfonamides is 1. The molecule has 0 aromatic carbocycles. The number of pyridine rings is 1. The molecule has 1 N–H and O–H groups in total. The van der Waals surface area contributed by atoms with Gasteiger partial charge in [0.2, 0.25) is 10.0 Å². The van der Waals surface area contributed by atoms with E-state index in [1.54, 1.807) is 0 Å². The average molecular weight is 369 g/mol. The molecule has 1 aliphatic heterocycles. The van der Waals surface area contributed by atoms with Gasteiger partial charge in [-0.15, -0.1) is 0 Å². The highest BCUT2D eigenvalue weighted by Crippen LogP contribution is 2.45. The number of carboxylic acid groups (broad SMARTS) is 1. The van der Waals surface area contributed by atoms with Crippen LogP contribution in [0.4, 0.5) is 0 Å². The van der Waals surface area contributed by atoms with Crippen molar-refractivity contribution >= 4 is 21.9 Å². The zero-order valence-electron chi connectivity index (χ0n) is 13.9. The molecule has 136 valence electrons. The van der Waals surface area contributed by atoms with E-state index in [0.29, 0.717) is 12.8 Å². The van der Waals surface area contributed by atoms with Crippen LogP contribution in [-0.4, -0.2) is 71.1 Å². The van der Waals surface area contributed by atoms with Crippen molar-refractivity contribution in [2.45, 2.75) is 24.1 Å². The Kier molecular flexibility index (Phi) is 3.99. The van der Waals surface area contributed by atoms with Crippen molar-refractivity contribution < 1.29 is 23.1 Å². The lowest BCUT2D eigenvalue weighted by atomic mass is 10.1. The van der Waals surface area contributed by atoms with Gasteiger partial charge in [-0.2, -0.15) is 0 Å². The molecule has 0 unspecified atom stereocenters. The summed E-state index contributed by atoms with van der Waals surface area (Å²) >= 11 is 0. The third kappa shape index (κ3) is 2.65. The number of carbonyl (C=O) groups excluding carboxylic acids is 1. The van der Waals surface area contributed by atoms with E-state index in [0.717, 1.165) is 10.6 Å². The van der Waals surface area contributed by atoms with Crippen molar-refractivity contribution in [2.24, 2.45) is 0 Å². The Morgan fingerprint density at radius 3 is 2.40 bits per heavy atom. The predicted octanol–water partition coefficient (Wildman–Crippen LogP) is -0.574. The molecule has 25 heavy (non-hydrogen) atoms. The van der Waals surface area contributed by atoms with Crippen LogP contribution in [0.25, 0.3) is 0 Å². The number of nitrogens with zero attached hydrogens (tertiary/aromatic N) is 3. The Morgan fingerprint density at radius 2 is 1.88 bits per heavy atom. The van der Waals surface area contributed by atoms with Gasteiger partial charge in [-0.1, -0.05) is 0 Å².